The summed E-state index contributed by atoms with van der Waals surface area (Å²) in [7, 11) is 0. The average Bonchev–Trinajstić information content (AvgIpc) is 2.34. The summed E-state index contributed by atoms with van der Waals surface area (Å²) >= 11 is 0. The molecule has 2 nitrogen and oxygen atoms in total. The zero-order valence-electron chi connectivity index (χ0n) is 10.7. The molecule has 1 aromatic carbocycles. The van der Waals surface area contributed by atoms with Crippen molar-refractivity contribution in [2.75, 3.05) is 19.7 Å². The molecule has 1 fully saturated rings. The first-order valence-electron chi connectivity index (χ1n) is 6.66. The molecule has 94 valence electrons. The molecule has 2 atom stereocenters. The van der Waals surface area contributed by atoms with Crippen LogP contribution >= 0.6 is 0 Å². The van der Waals surface area contributed by atoms with Crippen LogP contribution in [0.3, 0.4) is 0 Å². The molecular weight excluding hydrogens is 210 g/mol. The predicted molar refractivity (Wildman–Crippen MR) is 70.7 cm³/mol. The van der Waals surface area contributed by atoms with Crippen LogP contribution in [0.25, 0.3) is 0 Å². The Hall–Kier alpha value is -0.860. The molecule has 1 aliphatic heterocycles. The summed E-state index contributed by atoms with van der Waals surface area (Å²) in [5.74, 6) is 1.42. The van der Waals surface area contributed by atoms with Crippen LogP contribution in [0.4, 0.5) is 0 Å². The summed E-state index contributed by atoms with van der Waals surface area (Å²) in [5.41, 5.74) is 1.40. The summed E-state index contributed by atoms with van der Waals surface area (Å²) in [6.45, 7) is 6.06. The third-order valence-electron chi connectivity index (χ3n) is 3.92. The van der Waals surface area contributed by atoms with E-state index in [1.54, 1.807) is 0 Å². The van der Waals surface area contributed by atoms with E-state index in [4.69, 9.17) is 5.11 Å². The molecule has 0 radical (unpaired) electrons. The van der Waals surface area contributed by atoms with Crippen LogP contribution < -0.4 is 0 Å². The number of nitrogens with zero attached hydrogens (tertiary/aromatic N) is 1. The quantitative estimate of drug-likeness (QED) is 0.864. The summed E-state index contributed by atoms with van der Waals surface area (Å²) in [6.07, 6.45) is 2.20. The Morgan fingerprint density at radius 3 is 2.71 bits per heavy atom. The number of hydrogen-bond donors (Lipinski definition) is 1. The predicted octanol–water partition coefficient (Wildman–Crippen LogP) is 2.53. The Morgan fingerprint density at radius 1 is 1.29 bits per heavy atom. The van der Waals surface area contributed by atoms with Gasteiger partial charge in [-0.2, -0.15) is 0 Å². The van der Waals surface area contributed by atoms with E-state index in [0.29, 0.717) is 18.4 Å². The Balaban J connectivity index is 1.85. The molecule has 0 spiro atoms. The number of likely N-dealkylation sites (tertiary alicyclic amines) is 1. The number of aliphatic hydroxyl groups is 1. The van der Waals surface area contributed by atoms with E-state index in [0.717, 1.165) is 13.0 Å². The summed E-state index contributed by atoms with van der Waals surface area (Å²) in [5, 5.41) is 9.02. The van der Waals surface area contributed by atoms with Gasteiger partial charge in [0.1, 0.15) is 0 Å². The van der Waals surface area contributed by atoms with Gasteiger partial charge >= 0.3 is 0 Å². The van der Waals surface area contributed by atoms with Crippen molar-refractivity contribution in [3.05, 3.63) is 35.9 Å². The number of aliphatic hydroxyl groups excluding tert-OH is 1. The van der Waals surface area contributed by atoms with Crippen LogP contribution in [-0.4, -0.2) is 29.7 Å². The topological polar surface area (TPSA) is 23.5 Å². The van der Waals surface area contributed by atoms with Crippen LogP contribution in [0, 0.1) is 11.8 Å². The van der Waals surface area contributed by atoms with Crippen molar-refractivity contribution in [1.82, 2.24) is 4.90 Å². The maximum Gasteiger partial charge on any atom is 0.0433 e. The van der Waals surface area contributed by atoms with Crippen LogP contribution in [0.2, 0.25) is 0 Å². The maximum absolute atomic E-state index is 9.02. The second-order valence-corrected chi connectivity index (χ2v) is 5.26. The molecule has 0 saturated carbocycles. The number of piperidine rings is 1. The Kier molecular flexibility index (Phi) is 4.57. The van der Waals surface area contributed by atoms with Crippen LogP contribution in [-0.2, 0) is 6.54 Å². The third kappa shape index (κ3) is 3.55. The standard InChI is InChI=1S/C15H23NO/c1-13-11-16(9-7-15(13)8-10-17)12-14-5-3-2-4-6-14/h2-6,13,15,17H,7-12H2,1H3. The molecule has 1 N–H and O–H groups in total. The molecule has 0 aliphatic carbocycles. The van der Waals surface area contributed by atoms with Crippen molar-refractivity contribution in [3.8, 4) is 0 Å². The second kappa shape index (κ2) is 6.18. The smallest absolute Gasteiger partial charge is 0.0433 e. The Labute approximate surface area is 104 Å². The fourth-order valence-corrected chi connectivity index (χ4v) is 2.86. The fraction of sp³-hybridized carbons (Fsp3) is 0.600. The van der Waals surface area contributed by atoms with Gasteiger partial charge < -0.3 is 5.11 Å². The van der Waals surface area contributed by atoms with Crippen molar-refractivity contribution in [2.24, 2.45) is 11.8 Å². The SMILES string of the molecule is CC1CN(Cc2ccccc2)CCC1CCO. The molecular formula is C15H23NO. The molecule has 17 heavy (non-hydrogen) atoms. The highest BCUT2D eigenvalue weighted by Crippen LogP contribution is 2.26. The minimum atomic E-state index is 0.341. The molecule has 0 aromatic heterocycles. The average molecular weight is 233 g/mol. The molecule has 0 bridgehead atoms. The van der Waals surface area contributed by atoms with Gasteiger partial charge in [0.15, 0.2) is 0 Å². The number of hydrogen-bond acceptors (Lipinski definition) is 2. The van der Waals surface area contributed by atoms with Gasteiger partial charge in [0, 0.05) is 19.7 Å². The van der Waals surface area contributed by atoms with Gasteiger partial charge in [-0.15, -0.1) is 0 Å². The highest BCUT2D eigenvalue weighted by atomic mass is 16.3. The van der Waals surface area contributed by atoms with Crippen LogP contribution in [0.15, 0.2) is 30.3 Å². The summed E-state index contributed by atoms with van der Waals surface area (Å²) in [4.78, 5) is 2.54. The van der Waals surface area contributed by atoms with E-state index in [1.165, 1.54) is 25.1 Å². The molecule has 1 aromatic rings. The van der Waals surface area contributed by atoms with Gasteiger partial charge in [-0.1, -0.05) is 37.3 Å². The first kappa shape index (κ1) is 12.6. The van der Waals surface area contributed by atoms with E-state index in [9.17, 15) is 0 Å². The lowest BCUT2D eigenvalue weighted by Crippen LogP contribution is -2.39. The molecule has 1 heterocycles. The van der Waals surface area contributed by atoms with Gasteiger partial charge in [-0.25, -0.2) is 0 Å². The van der Waals surface area contributed by atoms with Crippen molar-refractivity contribution in [3.63, 3.8) is 0 Å². The Bertz CT molecular complexity index is 325. The van der Waals surface area contributed by atoms with E-state index in [2.05, 4.69) is 42.2 Å². The first-order valence-corrected chi connectivity index (χ1v) is 6.66. The van der Waals surface area contributed by atoms with Crippen molar-refractivity contribution < 1.29 is 5.11 Å². The molecule has 2 heteroatoms. The maximum atomic E-state index is 9.02. The van der Waals surface area contributed by atoms with Crippen molar-refractivity contribution >= 4 is 0 Å². The van der Waals surface area contributed by atoms with Crippen molar-refractivity contribution in [1.29, 1.82) is 0 Å². The lowest BCUT2D eigenvalue weighted by atomic mass is 9.84. The lowest BCUT2D eigenvalue weighted by molar-refractivity contribution is 0.104. The molecule has 1 saturated heterocycles. The van der Waals surface area contributed by atoms with Gasteiger partial charge in [0.25, 0.3) is 0 Å². The molecule has 0 amide bonds. The van der Waals surface area contributed by atoms with Gasteiger partial charge in [0.05, 0.1) is 0 Å². The van der Waals surface area contributed by atoms with E-state index in [1.807, 2.05) is 0 Å². The van der Waals surface area contributed by atoms with Gasteiger partial charge in [0.2, 0.25) is 0 Å². The van der Waals surface area contributed by atoms with Gasteiger partial charge in [-0.3, -0.25) is 4.90 Å². The van der Waals surface area contributed by atoms with E-state index in [-0.39, 0.29) is 0 Å². The fourth-order valence-electron chi connectivity index (χ4n) is 2.86. The largest absolute Gasteiger partial charge is 0.396 e. The highest BCUT2D eigenvalue weighted by Gasteiger charge is 2.25. The monoisotopic (exact) mass is 233 g/mol. The molecule has 2 unspecified atom stereocenters. The van der Waals surface area contributed by atoms with Crippen molar-refractivity contribution in [2.45, 2.75) is 26.3 Å². The van der Waals surface area contributed by atoms with E-state index >= 15 is 0 Å². The number of benzene rings is 1. The first-order chi connectivity index (χ1) is 8.29. The van der Waals surface area contributed by atoms with E-state index < -0.39 is 0 Å². The highest BCUT2D eigenvalue weighted by molar-refractivity contribution is 5.14. The van der Waals surface area contributed by atoms with Crippen LogP contribution in [0.5, 0.6) is 0 Å². The molecule has 2 rings (SSSR count). The number of rotatable bonds is 4. The third-order valence-corrected chi connectivity index (χ3v) is 3.92. The molecule has 1 aliphatic rings. The normalized spacial score (nSPS) is 26.0. The zero-order chi connectivity index (χ0) is 12.1. The minimum absolute atomic E-state index is 0.341. The summed E-state index contributed by atoms with van der Waals surface area (Å²) in [6, 6.07) is 10.7. The van der Waals surface area contributed by atoms with Gasteiger partial charge in [-0.05, 0) is 36.8 Å². The minimum Gasteiger partial charge on any atom is -0.396 e. The zero-order valence-corrected chi connectivity index (χ0v) is 10.7. The lowest BCUT2D eigenvalue weighted by Gasteiger charge is -2.36. The Morgan fingerprint density at radius 2 is 2.06 bits per heavy atom. The summed E-state index contributed by atoms with van der Waals surface area (Å²) < 4.78 is 0. The van der Waals surface area contributed by atoms with Crippen LogP contribution in [0.1, 0.15) is 25.3 Å². The second-order valence-electron chi connectivity index (χ2n) is 5.26.